The Kier molecular flexibility index (Phi) is 7180. The number of hydrogen-bond acceptors (Lipinski definition) is 0. The normalized spacial score (nSPS) is 0. The van der Waals surface area contributed by atoms with Crippen molar-refractivity contribution in [3.8, 4) is 0 Å². The Labute approximate surface area is 58.2 Å². The maximum absolute atomic E-state index is 0. The fourth-order valence-corrected chi connectivity index (χ4v) is 0. The van der Waals surface area contributed by atoms with Crippen molar-refractivity contribution in [2.45, 2.75) is 0 Å². The molecular formula is LiMnO4-5. The van der Waals surface area contributed by atoms with Crippen LogP contribution in [0.5, 0.6) is 0 Å². The molecule has 0 heterocycles. The summed E-state index contributed by atoms with van der Waals surface area (Å²) >= 11 is 0. The Morgan fingerprint density at radius 2 is 0.500 bits per heavy atom. The largest absolute Gasteiger partial charge is 2.00 e. The van der Waals surface area contributed by atoms with Crippen molar-refractivity contribution in [1.82, 2.24) is 0 Å². The Morgan fingerprint density at radius 3 is 0.500 bits per heavy atom. The quantitative estimate of drug-likeness (QED) is 0.300. The SMILES string of the molecule is [Li+].[Mn+2].[O-2].[O-2].[O-2].[O-2]. The Hall–Kier alpha value is 0.957. The molecule has 37 valence electrons. The van der Waals surface area contributed by atoms with E-state index in [1.807, 2.05) is 0 Å². The van der Waals surface area contributed by atoms with Gasteiger partial charge in [-0.25, -0.2) is 0 Å². The van der Waals surface area contributed by atoms with Gasteiger partial charge in [-0.05, 0) is 0 Å². The zero-order valence-electron chi connectivity index (χ0n) is 3.01. The second-order valence-electron chi connectivity index (χ2n) is 0. The van der Waals surface area contributed by atoms with Crippen LogP contribution < -0.4 is 18.9 Å². The van der Waals surface area contributed by atoms with E-state index < -0.39 is 0 Å². The van der Waals surface area contributed by atoms with E-state index in [9.17, 15) is 0 Å². The summed E-state index contributed by atoms with van der Waals surface area (Å²) in [6.07, 6.45) is 0. The maximum Gasteiger partial charge on any atom is 2.00 e. The molecule has 0 aromatic rings. The molecule has 6 heteroatoms. The number of hydrogen-bond donors (Lipinski definition) is 0. The van der Waals surface area contributed by atoms with Gasteiger partial charge in [-0.15, -0.1) is 0 Å². The standard InChI is InChI=1S/Li.Mn.4O/q+1;+2;4*-2. The van der Waals surface area contributed by atoms with Gasteiger partial charge in [-0.1, -0.05) is 0 Å². The molecule has 0 rings (SSSR count). The first kappa shape index (κ1) is 270. The van der Waals surface area contributed by atoms with Gasteiger partial charge in [0.25, 0.3) is 0 Å². The van der Waals surface area contributed by atoms with Crippen molar-refractivity contribution < 1.29 is 57.8 Å². The van der Waals surface area contributed by atoms with Gasteiger partial charge in [0.15, 0.2) is 0 Å². The first-order valence-electron chi connectivity index (χ1n) is 0. The molecule has 0 atom stereocenters. The van der Waals surface area contributed by atoms with Crippen LogP contribution in [0.2, 0.25) is 0 Å². The summed E-state index contributed by atoms with van der Waals surface area (Å²) in [6, 6.07) is 0. The average Bonchev–Trinajstić information content (AvgIpc) is 0. The van der Waals surface area contributed by atoms with Crippen LogP contribution in [0.1, 0.15) is 0 Å². The monoisotopic (exact) mass is 126 g/mol. The van der Waals surface area contributed by atoms with Gasteiger partial charge in [-0.3, -0.25) is 0 Å². The van der Waals surface area contributed by atoms with Gasteiger partial charge in [0.2, 0.25) is 0 Å². The molecule has 1 radical (unpaired) electrons. The van der Waals surface area contributed by atoms with Crippen LogP contribution in [0.4, 0.5) is 0 Å². The molecule has 0 N–H and O–H groups in total. The Balaban J connectivity index is 0. The van der Waals surface area contributed by atoms with E-state index >= 15 is 0 Å². The fraction of sp³-hybridized carbons (Fsp3) is 0. The van der Waals surface area contributed by atoms with E-state index in [0.29, 0.717) is 0 Å². The molecule has 0 aromatic carbocycles. The number of rotatable bonds is 0. The van der Waals surface area contributed by atoms with E-state index in [4.69, 9.17) is 0 Å². The van der Waals surface area contributed by atoms with Gasteiger partial charge in [0.05, 0.1) is 0 Å². The first-order valence-corrected chi connectivity index (χ1v) is 0. The molecule has 6 heavy (non-hydrogen) atoms. The molecule has 0 saturated carbocycles. The smallest absolute Gasteiger partial charge is 2.00 e. The second kappa shape index (κ2) is 160. The minimum absolute atomic E-state index is 0. The molecular weight excluding hydrogens is 126 g/mol. The van der Waals surface area contributed by atoms with Crippen LogP contribution >= 0.6 is 0 Å². The van der Waals surface area contributed by atoms with Gasteiger partial charge in [0.1, 0.15) is 0 Å². The van der Waals surface area contributed by atoms with Gasteiger partial charge in [0, 0.05) is 0 Å². The molecule has 0 aliphatic heterocycles. The summed E-state index contributed by atoms with van der Waals surface area (Å²) < 4.78 is 0. The first-order chi connectivity index (χ1) is 0. The van der Waals surface area contributed by atoms with Crippen LogP contribution in [0.25, 0.3) is 0 Å². The van der Waals surface area contributed by atoms with Crippen molar-refractivity contribution in [2.24, 2.45) is 0 Å². The van der Waals surface area contributed by atoms with E-state index in [1.165, 1.54) is 0 Å². The molecule has 0 aliphatic carbocycles. The third-order valence-electron chi connectivity index (χ3n) is 0. The van der Waals surface area contributed by atoms with Crippen LogP contribution in [0.3, 0.4) is 0 Å². The van der Waals surface area contributed by atoms with Crippen molar-refractivity contribution >= 4 is 0 Å². The van der Waals surface area contributed by atoms with Crippen molar-refractivity contribution in [2.75, 3.05) is 0 Å². The topological polar surface area (TPSA) is 114 Å². The summed E-state index contributed by atoms with van der Waals surface area (Å²) in [6.45, 7) is 0. The van der Waals surface area contributed by atoms with E-state index in [1.54, 1.807) is 0 Å². The molecule has 0 aliphatic rings. The minimum Gasteiger partial charge on any atom is -2.00 e. The molecule has 4 nitrogen and oxygen atoms in total. The zero-order valence-corrected chi connectivity index (χ0v) is 4.19. The van der Waals surface area contributed by atoms with Crippen molar-refractivity contribution in [1.29, 1.82) is 0 Å². The predicted molar refractivity (Wildman–Crippen MR) is 2.75 cm³/mol. The van der Waals surface area contributed by atoms with Crippen LogP contribution in [-0.4, -0.2) is 0 Å². The zero-order chi connectivity index (χ0) is 0. The Bertz CT molecular complexity index is 7.51. The minimum atomic E-state index is 0. The summed E-state index contributed by atoms with van der Waals surface area (Å²) in [4.78, 5) is 0. The van der Waals surface area contributed by atoms with Crippen LogP contribution in [0.15, 0.2) is 0 Å². The van der Waals surface area contributed by atoms with Gasteiger partial charge in [-0.2, -0.15) is 0 Å². The summed E-state index contributed by atoms with van der Waals surface area (Å²) in [5.74, 6) is 0. The van der Waals surface area contributed by atoms with Gasteiger partial charge < -0.3 is 21.9 Å². The van der Waals surface area contributed by atoms with Crippen molar-refractivity contribution in [3.63, 3.8) is 0 Å². The van der Waals surface area contributed by atoms with E-state index in [2.05, 4.69) is 0 Å². The fourth-order valence-electron chi connectivity index (χ4n) is 0. The van der Waals surface area contributed by atoms with Crippen LogP contribution in [-0.2, 0) is 39.0 Å². The molecule has 0 bridgehead atoms. The molecule has 0 saturated heterocycles. The predicted octanol–water partition coefficient (Wildman–Crippen LogP) is -3.47. The van der Waals surface area contributed by atoms with Crippen LogP contribution in [0, 0.1) is 0 Å². The average molecular weight is 126 g/mol. The molecule has 0 unspecified atom stereocenters. The summed E-state index contributed by atoms with van der Waals surface area (Å²) in [7, 11) is 0. The van der Waals surface area contributed by atoms with E-state index in [0.717, 1.165) is 0 Å². The third kappa shape index (κ3) is 84.8. The summed E-state index contributed by atoms with van der Waals surface area (Å²) in [5, 5.41) is 0. The molecule has 0 spiro atoms. The molecule has 0 fully saturated rings. The Morgan fingerprint density at radius 1 is 0.500 bits per heavy atom. The third-order valence-corrected chi connectivity index (χ3v) is 0. The second-order valence-corrected chi connectivity index (χ2v) is 0. The molecule has 0 aromatic heterocycles. The summed E-state index contributed by atoms with van der Waals surface area (Å²) in [5.41, 5.74) is 0. The maximum atomic E-state index is 0. The van der Waals surface area contributed by atoms with Gasteiger partial charge >= 0.3 is 35.9 Å². The van der Waals surface area contributed by atoms with E-state index in [-0.39, 0.29) is 57.8 Å². The van der Waals surface area contributed by atoms with Crippen molar-refractivity contribution in [3.05, 3.63) is 0 Å². The molecule has 0 amide bonds.